The summed E-state index contributed by atoms with van der Waals surface area (Å²) >= 11 is 0. The maximum Gasteiger partial charge on any atom is 0.416 e. The molecule has 1 aliphatic rings. The van der Waals surface area contributed by atoms with Crippen LogP contribution >= 0.6 is 0 Å². The lowest BCUT2D eigenvalue weighted by Gasteiger charge is -2.24. The van der Waals surface area contributed by atoms with Crippen LogP contribution in [-0.2, 0) is 11.0 Å². The molecule has 0 aliphatic carbocycles. The summed E-state index contributed by atoms with van der Waals surface area (Å²) in [5, 5.41) is 12.6. The van der Waals surface area contributed by atoms with Gasteiger partial charge in [-0.2, -0.15) is 13.2 Å². The molecular formula is C16H21F3N2O2. The highest BCUT2D eigenvalue weighted by molar-refractivity contribution is 5.75. The van der Waals surface area contributed by atoms with E-state index in [1.807, 2.05) is 11.8 Å². The molecule has 0 saturated carbocycles. The lowest BCUT2D eigenvalue weighted by molar-refractivity contribution is -0.137. The van der Waals surface area contributed by atoms with Crippen LogP contribution in [0.5, 0.6) is 0 Å². The number of carbonyl (C=O) groups is 1. The van der Waals surface area contributed by atoms with Gasteiger partial charge in [0.05, 0.1) is 11.7 Å². The molecule has 1 aromatic carbocycles. The molecule has 2 rings (SSSR count). The quantitative estimate of drug-likeness (QED) is 0.871. The van der Waals surface area contributed by atoms with Crippen molar-refractivity contribution in [1.29, 1.82) is 0 Å². The number of benzene rings is 1. The van der Waals surface area contributed by atoms with Crippen molar-refractivity contribution in [2.75, 3.05) is 19.6 Å². The number of likely N-dealkylation sites (tertiary alicyclic amines) is 1. The van der Waals surface area contributed by atoms with E-state index in [-0.39, 0.29) is 18.4 Å². The summed E-state index contributed by atoms with van der Waals surface area (Å²) in [4.78, 5) is 13.4. The van der Waals surface area contributed by atoms with Crippen LogP contribution in [0.25, 0.3) is 0 Å². The van der Waals surface area contributed by atoms with Crippen molar-refractivity contribution >= 4 is 5.91 Å². The standard InChI is InChI=1S/C16H21F3N2O2/c1-2-20-15(23)6-7-21-10-13(22)9-14(21)11-4-3-5-12(8-11)16(17,18)19/h3-5,8,13-14,22H,2,6-7,9-10H2,1H3,(H,20,23)/t13-,14+/m1/s1. The number of rotatable bonds is 5. The van der Waals surface area contributed by atoms with Gasteiger partial charge in [0.15, 0.2) is 0 Å². The first-order chi connectivity index (χ1) is 10.8. The average molecular weight is 330 g/mol. The Bertz CT molecular complexity index is 548. The second kappa shape index (κ2) is 7.31. The van der Waals surface area contributed by atoms with Crippen LogP contribution in [0.2, 0.25) is 0 Å². The zero-order valence-electron chi connectivity index (χ0n) is 12.9. The molecule has 2 atom stereocenters. The van der Waals surface area contributed by atoms with Crippen molar-refractivity contribution in [2.45, 2.75) is 38.1 Å². The normalized spacial score (nSPS) is 22.3. The molecule has 1 saturated heterocycles. The second-order valence-corrected chi connectivity index (χ2v) is 5.73. The lowest BCUT2D eigenvalue weighted by atomic mass is 10.0. The number of aliphatic hydroxyl groups is 1. The van der Waals surface area contributed by atoms with Gasteiger partial charge >= 0.3 is 6.18 Å². The Hall–Kier alpha value is -1.60. The zero-order valence-corrected chi connectivity index (χ0v) is 12.9. The summed E-state index contributed by atoms with van der Waals surface area (Å²) in [7, 11) is 0. The Balaban J connectivity index is 2.11. The minimum Gasteiger partial charge on any atom is -0.392 e. The van der Waals surface area contributed by atoms with Gasteiger partial charge in [-0.25, -0.2) is 0 Å². The Labute approximate surface area is 133 Å². The monoisotopic (exact) mass is 330 g/mol. The van der Waals surface area contributed by atoms with E-state index in [2.05, 4.69) is 5.32 Å². The summed E-state index contributed by atoms with van der Waals surface area (Å²) in [5.41, 5.74) is -0.174. The fraction of sp³-hybridized carbons (Fsp3) is 0.562. The summed E-state index contributed by atoms with van der Waals surface area (Å²) in [6.07, 6.45) is -4.35. The van der Waals surface area contributed by atoms with E-state index < -0.39 is 17.8 Å². The molecule has 0 spiro atoms. The molecule has 23 heavy (non-hydrogen) atoms. The van der Waals surface area contributed by atoms with E-state index >= 15 is 0 Å². The smallest absolute Gasteiger partial charge is 0.392 e. The van der Waals surface area contributed by atoms with Crippen LogP contribution in [0.3, 0.4) is 0 Å². The number of β-amino-alcohol motifs (C(OH)–C–C–N with tert-alkyl or cyclic N) is 1. The molecule has 2 N–H and O–H groups in total. The topological polar surface area (TPSA) is 52.6 Å². The van der Waals surface area contributed by atoms with E-state index in [4.69, 9.17) is 0 Å². The number of nitrogens with zero attached hydrogens (tertiary/aromatic N) is 1. The van der Waals surface area contributed by atoms with Crippen LogP contribution in [-0.4, -0.2) is 41.7 Å². The molecule has 1 aromatic rings. The Morgan fingerprint density at radius 1 is 1.43 bits per heavy atom. The first-order valence-electron chi connectivity index (χ1n) is 7.67. The second-order valence-electron chi connectivity index (χ2n) is 5.73. The van der Waals surface area contributed by atoms with Crippen molar-refractivity contribution in [3.8, 4) is 0 Å². The van der Waals surface area contributed by atoms with Gasteiger partial charge in [-0.15, -0.1) is 0 Å². The van der Waals surface area contributed by atoms with Gasteiger partial charge in [-0.05, 0) is 31.0 Å². The molecule has 7 heteroatoms. The molecule has 0 bridgehead atoms. The van der Waals surface area contributed by atoms with Gasteiger partial charge in [0.1, 0.15) is 0 Å². The number of halogens is 3. The highest BCUT2D eigenvalue weighted by Gasteiger charge is 2.35. The fourth-order valence-corrected chi connectivity index (χ4v) is 2.93. The fourth-order valence-electron chi connectivity index (χ4n) is 2.93. The number of alkyl halides is 3. The number of carbonyl (C=O) groups excluding carboxylic acids is 1. The van der Waals surface area contributed by atoms with Crippen molar-refractivity contribution in [3.63, 3.8) is 0 Å². The third-order valence-corrected chi connectivity index (χ3v) is 3.98. The van der Waals surface area contributed by atoms with Crippen molar-refractivity contribution in [1.82, 2.24) is 10.2 Å². The number of hydrogen-bond acceptors (Lipinski definition) is 3. The Morgan fingerprint density at radius 3 is 2.83 bits per heavy atom. The third-order valence-electron chi connectivity index (χ3n) is 3.98. The van der Waals surface area contributed by atoms with Gasteiger partial charge in [-0.1, -0.05) is 12.1 Å². The number of hydrogen-bond donors (Lipinski definition) is 2. The summed E-state index contributed by atoms with van der Waals surface area (Å²) in [6, 6.07) is 4.87. The van der Waals surface area contributed by atoms with E-state index in [9.17, 15) is 23.1 Å². The summed E-state index contributed by atoms with van der Waals surface area (Å²) < 4.78 is 38.6. The highest BCUT2D eigenvalue weighted by Crippen LogP contribution is 2.36. The Morgan fingerprint density at radius 2 is 2.17 bits per heavy atom. The first-order valence-corrected chi connectivity index (χ1v) is 7.67. The lowest BCUT2D eigenvalue weighted by Crippen LogP contribution is -2.31. The van der Waals surface area contributed by atoms with Gasteiger partial charge in [-0.3, -0.25) is 9.69 Å². The van der Waals surface area contributed by atoms with Gasteiger partial charge < -0.3 is 10.4 Å². The highest BCUT2D eigenvalue weighted by atomic mass is 19.4. The largest absolute Gasteiger partial charge is 0.416 e. The van der Waals surface area contributed by atoms with Crippen molar-refractivity contribution in [2.24, 2.45) is 0 Å². The number of aliphatic hydroxyl groups excluding tert-OH is 1. The number of nitrogens with one attached hydrogen (secondary N) is 1. The van der Waals surface area contributed by atoms with Crippen molar-refractivity contribution in [3.05, 3.63) is 35.4 Å². The van der Waals surface area contributed by atoms with Crippen LogP contribution in [0.4, 0.5) is 13.2 Å². The maximum absolute atomic E-state index is 12.9. The number of amides is 1. The molecule has 0 unspecified atom stereocenters. The van der Waals surface area contributed by atoms with E-state index in [1.165, 1.54) is 6.07 Å². The molecule has 1 aliphatic heterocycles. The summed E-state index contributed by atoms with van der Waals surface area (Å²) in [6.45, 7) is 3.13. The molecule has 1 amide bonds. The van der Waals surface area contributed by atoms with Gasteiger partial charge in [0, 0.05) is 32.1 Å². The van der Waals surface area contributed by atoms with Crippen LogP contribution in [0.1, 0.15) is 36.9 Å². The van der Waals surface area contributed by atoms with Gasteiger partial charge in [0.2, 0.25) is 5.91 Å². The average Bonchev–Trinajstić information content (AvgIpc) is 2.86. The first kappa shape index (κ1) is 17.7. The van der Waals surface area contributed by atoms with Crippen LogP contribution in [0.15, 0.2) is 24.3 Å². The minimum atomic E-state index is -4.39. The summed E-state index contributed by atoms with van der Waals surface area (Å²) in [5.74, 6) is -0.100. The van der Waals surface area contributed by atoms with Gasteiger partial charge in [0.25, 0.3) is 0 Å². The van der Waals surface area contributed by atoms with E-state index in [0.717, 1.165) is 12.1 Å². The molecule has 128 valence electrons. The molecular weight excluding hydrogens is 309 g/mol. The molecule has 0 radical (unpaired) electrons. The maximum atomic E-state index is 12.9. The third kappa shape index (κ3) is 4.68. The van der Waals surface area contributed by atoms with Crippen molar-refractivity contribution < 1.29 is 23.1 Å². The zero-order chi connectivity index (χ0) is 17.0. The predicted molar refractivity (Wildman–Crippen MR) is 79.7 cm³/mol. The molecule has 4 nitrogen and oxygen atoms in total. The molecule has 1 heterocycles. The van der Waals surface area contributed by atoms with Crippen LogP contribution < -0.4 is 5.32 Å². The minimum absolute atomic E-state index is 0.100. The Kier molecular flexibility index (Phi) is 5.64. The molecule has 0 aromatic heterocycles. The SMILES string of the molecule is CCNC(=O)CCN1C[C@H](O)C[C@H]1c1cccc(C(F)(F)F)c1. The molecule has 1 fully saturated rings. The van der Waals surface area contributed by atoms with E-state index in [0.29, 0.717) is 31.6 Å². The van der Waals surface area contributed by atoms with Crippen LogP contribution in [0, 0.1) is 0 Å². The van der Waals surface area contributed by atoms with E-state index in [1.54, 1.807) is 6.07 Å². The predicted octanol–water partition coefficient (Wildman–Crippen LogP) is 2.34.